The first-order valence-corrected chi connectivity index (χ1v) is 16.2. The molecule has 0 heterocycles. The lowest BCUT2D eigenvalue weighted by Gasteiger charge is -2.12. The standard InChI is InChI=1S/C12H11NO3.C12H15NO.C12H13NO/c14-10-5-4-8-6-7-2-1-3-9(7)12(11(8)10)13(15)16;2*13-12-9-3-1-2-7(9)6-8-4-5-10(14)11(8)12/h6H,1-5H2;6,10,14H,1-5,13H2;6H,1-5,13H2. The molecule has 0 radical (unpaired) electrons. The SMILES string of the molecule is Nc1c2c(cc3c1C(=O)CC3)CCC2.Nc1c2c(cc3c1C(O)CC3)CCC2.O=C1CCc2cc3c(c([N+](=O)[O-])c21)CCC3. The lowest BCUT2D eigenvalue weighted by Crippen LogP contribution is -2.04. The van der Waals surface area contributed by atoms with Crippen LogP contribution in [0, 0.1) is 10.1 Å². The second-order valence-electron chi connectivity index (χ2n) is 13.1. The van der Waals surface area contributed by atoms with Gasteiger partial charge in [0.15, 0.2) is 11.6 Å². The second kappa shape index (κ2) is 11.1. The maximum Gasteiger partial charge on any atom is 0.283 e. The van der Waals surface area contributed by atoms with Crippen LogP contribution in [0.5, 0.6) is 0 Å². The minimum absolute atomic E-state index is 0.0589. The van der Waals surface area contributed by atoms with Crippen LogP contribution in [0.3, 0.4) is 0 Å². The number of carbonyl (C=O) groups excluding carboxylic acids is 2. The number of anilines is 2. The molecular formula is C36H39N3O5. The fourth-order valence-corrected chi connectivity index (χ4v) is 8.50. The molecule has 6 aliphatic rings. The van der Waals surface area contributed by atoms with Crippen molar-refractivity contribution >= 4 is 28.6 Å². The molecule has 1 unspecified atom stereocenters. The Bertz CT molecular complexity index is 1760. The van der Waals surface area contributed by atoms with Crippen molar-refractivity contribution in [2.75, 3.05) is 11.5 Å². The number of aryl methyl sites for hydroxylation is 6. The second-order valence-corrected chi connectivity index (χ2v) is 13.1. The Hall–Kier alpha value is -4.04. The maximum atomic E-state index is 11.7. The Morgan fingerprint density at radius 3 is 1.73 bits per heavy atom. The molecule has 0 bridgehead atoms. The van der Waals surface area contributed by atoms with E-state index in [0.29, 0.717) is 24.8 Å². The molecule has 8 heteroatoms. The summed E-state index contributed by atoms with van der Waals surface area (Å²) in [6, 6.07) is 6.48. The van der Waals surface area contributed by atoms with Crippen LogP contribution in [-0.4, -0.2) is 21.6 Å². The smallest absolute Gasteiger partial charge is 0.283 e. The molecule has 0 aliphatic heterocycles. The molecule has 0 spiro atoms. The van der Waals surface area contributed by atoms with Crippen molar-refractivity contribution in [3.8, 4) is 0 Å². The number of fused-ring (bicyclic) bond motifs is 6. The minimum Gasteiger partial charge on any atom is -0.398 e. The third kappa shape index (κ3) is 4.71. The summed E-state index contributed by atoms with van der Waals surface area (Å²) in [6.07, 6.45) is 13.7. The Morgan fingerprint density at radius 1 is 0.614 bits per heavy atom. The van der Waals surface area contributed by atoms with Crippen LogP contribution in [0.4, 0.5) is 17.1 Å². The third-order valence-corrected chi connectivity index (χ3v) is 10.6. The van der Waals surface area contributed by atoms with Gasteiger partial charge in [-0.2, -0.15) is 0 Å². The molecule has 0 saturated heterocycles. The van der Waals surface area contributed by atoms with Crippen molar-refractivity contribution in [1.82, 2.24) is 0 Å². The summed E-state index contributed by atoms with van der Waals surface area (Å²) < 4.78 is 0. The van der Waals surface area contributed by atoms with Gasteiger partial charge in [0.25, 0.3) is 5.69 Å². The van der Waals surface area contributed by atoms with E-state index in [9.17, 15) is 24.8 Å². The summed E-state index contributed by atoms with van der Waals surface area (Å²) in [5, 5.41) is 20.9. The summed E-state index contributed by atoms with van der Waals surface area (Å²) in [5.74, 6) is 0.184. The fourth-order valence-electron chi connectivity index (χ4n) is 8.50. The molecule has 3 aromatic carbocycles. The maximum absolute atomic E-state index is 11.7. The molecule has 0 saturated carbocycles. The van der Waals surface area contributed by atoms with E-state index in [4.69, 9.17) is 11.5 Å². The van der Waals surface area contributed by atoms with Gasteiger partial charge in [0, 0.05) is 40.9 Å². The van der Waals surface area contributed by atoms with Crippen molar-refractivity contribution in [3.05, 3.63) is 95.1 Å². The monoisotopic (exact) mass is 593 g/mol. The highest BCUT2D eigenvalue weighted by molar-refractivity contribution is 6.06. The fraction of sp³-hybridized carbons (Fsp3) is 0.444. The van der Waals surface area contributed by atoms with Crippen molar-refractivity contribution in [3.63, 3.8) is 0 Å². The molecule has 0 amide bonds. The van der Waals surface area contributed by atoms with Crippen molar-refractivity contribution in [1.29, 1.82) is 0 Å². The molecule has 5 N–H and O–H groups in total. The molecule has 6 aliphatic carbocycles. The summed E-state index contributed by atoms with van der Waals surface area (Å²) in [5.41, 5.74) is 26.8. The number of carbonyl (C=O) groups is 2. The van der Waals surface area contributed by atoms with E-state index in [-0.39, 0.29) is 28.3 Å². The molecule has 3 aromatic rings. The van der Waals surface area contributed by atoms with E-state index in [1.165, 1.54) is 52.6 Å². The number of hydrogen-bond acceptors (Lipinski definition) is 7. The quantitative estimate of drug-likeness (QED) is 0.182. The van der Waals surface area contributed by atoms with Crippen molar-refractivity contribution < 1.29 is 19.6 Å². The number of nitrogens with zero attached hydrogens (tertiary/aromatic N) is 1. The van der Waals surface area contributed by atoms with E-state index in [1.54, 1.807) is 0 Å². The van der Waals surface area contributed by atoms with Crippen LogP contribution >= 0.6 is 0 Å². The van der Waals surface area contributed by atoms with Crippen LogP contribution in [0.25, 0.3) is 0 Å². The highest BCUT2D eigenvalue weighted by Crippen LogP contribution is 2.42. The average molecular weight is 594 g/mol. The molecule has 0 fully saturated rings. The molecule has 1 atom stereocenters. The lowest BCUT2D eigenvalue weighted by atomic mass is 9.98. The summed E-state index contributed by atoms with van der Waals surface area (Å²) in [7, 11) is 0. The van der Waals surface area contributed by atoms with Gasteiger partial charge in [-0.3, -0.25) is 19.7 Å². The Morgan fingerprint density at radius 2 is 1.11 bits per heavy atom. The molecule has 9 rings (SSSR count). The molecule has 8 nitrogen and oxygen atoms in total. The summed E-state index contributed by atoms with van der Waals surface area (Å²) in [4.78, 5) is 34.0. The van der Waals surface area contributed by atoms with Gasteiger partial charge in [0.1, 0.15) is 0 Å². The summed E-state index contributed by atoms with van der Waals surface area (Å²) >= 11 is 0. The van der Waals surface area contributed by atoms with E-state index >= 15 is 0 Å². The number of rotatable bonds is 1. The van der Waals surface area contributed by atoms with Crippen LogP contribution in [0.15, 0.2) is 18.2 Å². The number of benzene rings is 3. The van der Waals surface area contributed by atoms with Crippen LogP contribution < -0.4 is 11.5 Å². The lowest BCUT2D eigenvalue weighted by molar-refractivity contribution is -0.385. The number of hydrogen-bond donors (Lipinski definition) is 3. The largest absolute Gasteiger partial charge is 0.398 e. The molecular weight excluding hydrogens is 554 g/mol. The zero-order chi connectivity index (χ0) is 30.7. The highest BCUT2D eigenvalue weighted by Gasteiger charge is 2.35. The Balaban J connectivity index is 0.000000107. The Labute approximate surface area is 257 Å². The van der Waals surface area contributed by atoms with E-state index in [0.717, 1.165) is 97.0 Å². The van der Waals surface area contributed by atoms with E-state index < -0.39 is 0 Å². The number of aliphatic hydroxyl groups excluding tert-OH is 1. The number of nitro groups is 1. The summed E-state index contributed by atoms with van der Waals surface area (Å²) in [6.45, 7) is 0. The van der Waals surface area contributed by atoms with Gasteiger partial charge < -0.3 is 16.6 Å². The van der Waals surface area contributed by atoms with Crippen LogP contribution in [-0.2, 0) is 57.8 Å². The normalized spacial score (nSPS) is 19.7. The first-order chi connectivity index (χ1) is 21.2. The average Bonchev–Trinajstić information content (AvgIpc) is 3.84. The van der Waals surface area contributed by atoms with Crippen LogP contribution in [0.1, 0.15) is 121 Å². The number of nitro benzene ring substituents is 1. The minimum atomic E-state index is -0.369. The first-order valence-electron chi connectivity index (χ1n) is 16.2. The Kier molecular flexibility index (Phi) is 7.28. The van der Waals surface area contributed by atoms with Gasteiger partial charge in [-0.1, -0.05) is 18.2 Å². The number of nitrogen functional groups attached to an aromatic ring is 2. The number of aliphatic hydroxyl groups is 1. The predicted octanol–water partition coefficient (Wildman–Crippen LogP) is 5.84. The molecule has 44 heavy (non-hydrogen) atoms. The third-order valence-electron chi connectivity index (χ3n) is 10.6. The highest BCUT2D eigenvalue weighted by atomic mass is 16.6. The predicted molar refractivity (Wildman–Crippen MR) is 169 cm³/mol. The first kappa shape index (κ1) is 28.7. The molecule has 0 aromatic heterocycles. The molecule has 228 valence electrons. The number of ketones is 2. The van der Waals surface area contributed by atoms with Gasteiger partial charge in [0.2, 0.25) is 0 Å². The zero-order valence-electron chi connectivity index (χ0n) is 25.1. The number of nitrogens with two attached hydrogens (primary N) is 2. The van der Waals surface area contributed by atoms with Gasteiger partial charge in [-0.25, -0.2) is 0 Å². The van der Waals surface area contributed by atoms with Gasteiger partial charge >= 0.3 is 0 Å². The van der Waals surface area contributed by atoms with Gasteiger partial charge in [0.05, 0.1) is 16.6 Å². The van der Waals surface area contributed by atoms with Crippen LogP contribution in [0.2, 0.25) is 0 Å². The van der Waals surface area contributed by atoms with E-state index in [2.05, 4.69) is 12.1 Å². The van der Waals surface area contributed by atoms with Gasteiger partial charge in [-0.15, -0.1) is 0 Å². The number of Topliss-reactive ketones (excluding diaryl/α,β-unsaturated/α-hetero) is 2. The van der Waals surface area contributed by atoms with Gasteiger partial charge in [-0.05, 0) is 128 Å². The van der Waals surface area contributed by atoms with Crippen molar-refractivity contribution in [2.45, 2.75) is 102 Å². The topological polar surface area (TPSA) is 150 Å². The zero-order valence-corrected chi connectivity index (χ0v) is 25.1. The van der Waals surface area contributed by atoms with E-state index in [1.807, 2.05) is 6.07 Å². The van der Waals surface area contributed by atoms with Crippen molar-refractivity contribution in [2.24, 2.45) is 0 Å².